The molecule has 0 saturated heterocycles. The van der Waals surface area contributed by atoms with Gasteiger partial charge in [0.25, 0.3) is 0 Å². The van der Waals surface area contributed by atoms with Crippen LogP contribution in [0.3, 0.4) is 0 Å². The normalized spacial score (nSPS) is 7.44. The molecule has 0 saturated carbocycles. The second-order valence-corrected chi connectivity index (χ2v) is 1.54. The summed E-state index contributed by atoms with van der Waals surface area (Å²) in [4.78, 5) is 0. The van der Waals surface area contributed by atoms with Crippen molar-refractivity contribution in [1.29, 1.82) is 0 Å². The van der Waals surface area contributed by atoms with Crippen LogP contribution in [0.15, 0.2) is 30.6 Å². The summed E-state index contributed by atoms with van der Waals surface area (Å²) in [5, 5.41) is 0. The molecule has 0 aliphatic rings. The summed E-state index contributed by atoms with van der Waals surface area (Å²) in [6, 6.07) is 6.00. The molecule has 0 aromatic carbocycles. The molecule has 1 rings (SSSR count). The second kappa shape index (κ2) is 5.76. The van der Waals surface area contributed by atoms with Crippen LogP contribution in [-0.4, -0.2) is 5.83 Å². The standard InChI is InChI=1S/C6H8N.CH3Br/c1-7-5-3-2-4-6-7;1-2/h2-6H,1H3;1H3/q+1;. The highest BCUT2D eigenvalue weighted by atomic mass is 79.9. The van der Waals surface area contributed by atoms with Crippen molar-refractivity contribution in [2.45, 2.75) is 0 Å². The van der Waals surface area contributed by atoms with E-state index in [0.29, 0.717) is 0 Å². The summed E-state index contributed by atoms with van der Waals surface area (Å²) in [5.41, 5.74) is 0. The number of pyridine rings is 1. The van der Waals surface area contributed by atoms with Crippen LogP contribution in [0.5, 0.6) is 0 Å². The first-order chi connectivity index (χ1) is 4.39. The number of aryl methyl sites for hydroxylation is 1. The number of hydrogen-bond acceptors (Lipinski definition) is 0. The van der Waals surface area contributed by atoms with E-state index in [-0.39, 0.29) is 0 Å². The Hall–Kier alpha value is -0.370. The molecule has 9 heavy (non-hydrogen) atoms. The smallest absolute Gasteiger partial charge is 0.168 e. The SMILES string of the molecule is CBr.C[n+]1ccccc1. The molecule has 0 unspecified atom stereocenters. The average molecular weight is 189 g/mol. The van der Waals surface area contributed by atoms with Gasteiger partial charge < -0.3 is 0 Å². The molecule has 1 aromatic rings. The molecule has 0 aliphatic heterocycles. The first kappa shape index (κ1) is 8.63. The fourth-order valence-corrected chi connectivity index (χ4v) is 0.485. The minimum absolute atomic E-state index is 1.81. The van der Waals surface area contributed by atoms with Crippen LogP contribution in [0.4, 0.5) is 0 Å². The van der Waals surface area contributed by atoms with E-state index in [2.05, 4.69) is 15.9 Å². The van der Waals surface area contributed by atoms with Gasteiger partial charge in [0.15, 0.2) is 12.4 Å². The quantitative estimate of drug-likeness (QED) is 0.430. The molecule has 0 radical (unpaired) electrons. The van der Waals surface area contributed by atoms with Crippen molar-refractivity contribution >= 4 is 15.9 Å². The lowest BCUT2D eigenvalue weighted by molar-refractivity contribution is -0.671. The summed E-state index contributed by atoms with van der Waals surface area (Å²) in [7, 11) is 2.00. The van der Waals surface area contributed by atoms with Gasteiger partial charge in [-0.1, -0.05) is 22.0 Å². The number of nitrogens with zero attached hydrogens (tertiary/aromatic N) is 1. The van der Waals surface area contributed by atoms with Gasteiger partial charge in [-0.05, 0) is 5.83 Å². The average Bonchev–Trinajstić information content (AvgIpc) is 1.94. The van der Waals surface area contributed by atoms with Gasteiger partial charge in [-0.15, -0.1) is 0 Å². The monoisotopic (exact) mass is 188 g/mol. The van der Waals surface area contributed by atoms with Gasteiger partial charge in [-0.3, -0.25) is 0 Å². The highest BCUT2D eigenvalue weighted by Crippen LogP contribution is 1.71. The Morgan fingerprint density at radius 3 is 1.67 bits per heavy atom. The minimum atomic E-state index is 1.81. The van der Waals surface area contributed by atoms with Crippen molar-refractivity contribution in [3.05, 3.63) is 30.6 Å². The van der Waals surface area contributed by atoms with Gasteiger partial charge in [0.1, 0.15) is 7.05 Å². The van der Waals surface area contributed by atoms with E-state index in [1.54, 1.807) is 0 Å². The summed E-state index contributed by atoms with van der Waals surface area (Å²) < 4.78 is 2.00. The van der Waals surface area contributed by atoms with E-state index in [1.165, 1.54) is 0 Å². The van der Waals surface area contributed by atoms with Crippen molar-refractivity contribution in [2.75, 3.05) is 5.83 Å². The third kappa shape index (κ3) is 4.15. The maximum atomic E-state index is 2.94. The Labute approximate surface area is 64.5 Å². The van der Waals surface area contributed by atoms with E-state index in [9.17, 15) is 0 Å². The van der Waals surface area contributed by atoms with Crippen LogP contribution in [0, 0.1) is 0 Å². The van der Waals surface area contributed by atoms with Crippen molar-refractivity contribution in [3.63, 3.8) is 0 Å². The van der Waals surface area contributed by atoms with Crippen molar-refractivity contribution in [3.8, 4) is 0 Å². The highest BCUT2D eigenvalue weighted by molar-refractivity contribution is 9.08. The van der Waals surface area contributed by atoms with Crippen molar-refractivity contribution < 1.29 is 4.57 Å². The van der Waals surface area contributed by atoms with Crippen LogP contribution < -0.4 is 4.57 Å². The molecule has 1 heterocycles. The number of rotatable bonds is 0. The molecule has 0 amide bonds. The van der Waals surface area contributed by atoms with Crippen LogP contribution >= 0.6 is 15.9 Å². The van der Waals surface area contributed by atoms with E-state index in [1.807, 2.05) is 48.0 Å². The van der Waals surface area contributed by atoms with E-state index in [0.717, 1.165) is 0 Å². The molecule has 0 atom stereocenters. The van der Waals surface area contributed by atoms with Crippen LogP contribution in [0.25, 0.3) is 0 Å². The molecule has 0 bridgehead atoms. The Morgan fingerprint density at radius 2 is 1.44 bits per heavy atom. The zero-order valence-electron chi connectivity index (χ0n) is 5.71. The van der Waals surface area contributed by atoms with E-state index in [4.69, 9.17) is 0 Å². The Bertz CT molecular complexity index is 139. The van der Waals surface area contributed by atoms with Gasteiger partial charge in [-0.2, -0.15) is 0 Å². The summed E-state index contributed by atoms with van der Waals surface area (Å²) in [6.07, 6.45) is 4.00. The fraction of sp³-hybridized carbons (Fsp3) is 0.286. The predicted octanol–water partition coefficient (Wildman–Crippen LogP) is 1.52. The number of alkyl halides is 1. The molecule has 0 N–H and O–H groups in total. The lowest BCUT2D eigenvalue weighted by Crippen LogP contribution is -2.25. The van der Waals surface area contributed by atoms with Gasteiger partial charge in [0.05, 0.1) is 0 Å². The largest absolute Gasteiger partial charge is 0.208 e. The minimum Gasteiger partial charge on any atom is -0.208 e. The van der Waals surface area contributed by atoms with Gasteiger partial charge in [-0.25, -0.2) is 4.57 Å². The Morgan fingerprint density at radius 1 is 1.00 bits per heavy atom. The lowest BCUT2D eigenvalue weighted by Gasteiger charge is -1.77. The van der Waals surface area contributed by atoms with Gasteiger partial charge in [0, 0.05) is 12.1 Å². The molecule has 2 heteroatoms. The molecule has 0 spiro atoms. The third-order valence-corrected chi connectivity index (χ3v) is 0.865. The third-order valence-electron chi connectivity index (χ3n) is 0.865. The van der Waals surface area contributed by atoms with Crippen molar-refractivity contribution in [2.24, 2.45) is 7.05 Å². The summed E-state index contributed by atoms with van der Waals surface area (Å²) >= 11 is 2.94. The topological polar surface area (TPSA) is 3.88 Å². The van der Waals surface area contributed by atoms with Crippen molar-refractivity contribution in [1.82, 2.24) is 0 Å². The predicted molar refractivity (Wildman–Crippen MR) is 42.5 cm³/mol. The summed E-state index contributed by atoms with van der Waals surface area (Å²) in [5.74, 6) is 1.81. The maximum Gasteiger partial charge on any atom is 0.168 e. The Kier molecular flexibility index (Phi) is 5.52. The first-order valence-corrected chi connectivity index (χ1v) is 4.26. The lowest BCUT2D eigenvalue weighted by atomic mass is 10.5. The van der Waals surface area contributed by atoms with E-state index < -0.39 is 0 Å². The molecule has 0 aliphatic carbocycles. The maximum absolute atomic E-state index is 2.94. The molecule has 0 fully saturated rings. The zero-order valence-corrected chi connectivity index (χ0v) is 7.30. The number of hydrogen-bond donors (Lipinski definition) is 0. The van der Waals surface area contributed by atoms with Crippen LogP contribution in [0.2, 0.25) is 0 Å². The second-order valence-electron chi connectivity index (χ2n) is 1.54. The molecule has 1 nitrogen and oxygen atoms in total. The van der Waals surface area contributed by atoms with Crippen LogP contribution in [0.1, 0.15) is 0 Å². The molecule has 1 aromatic heterocycles. The highest BCUT2D eigenvalue weighted by Gasteiger charge is 1.78. The zero-order chi connectivity index (χ0) is 7.11. The fourth-order valence-electron chi connectivity index (χ4n) is 0.485. The Balaban J connectivity index is 0.000000291. The van der Waals surface area contributed by atoms with Gasteiger partial charge in [0.2, 0.25) is 0 Å². The molecular formula is C7H11BrN+. The molecular weight excluding hydrogens is 178 g/mol. The van der Waals surface area contributed by atoms with Crippen LogP contribution in [-0.2, 0) is 7.05 Å². The molecule has 50 valence electrons. The van der Waals surface area contributed by atoms with Gasteiger partial charge >= 0.3 is 0 Å². The number of aromatic nitrogens is 1. The summed E-state index contributed by atoms with van der Waals surface area (Å²) in [6.45, 7) is 0. The van der Waals surface area contributed by atoms with E-state index >= 15 is 0 Å². The number of halogens is 1. The first-order valence-electron chi connectivity index (χ1n) is 2.67.